The predicted octanol–water partition coefficient (Wildman–Crippen LogP) is 5.24. The molecular weight excluding hydrogens is 491 g/mol. The SMILES string of the molecule is Cc1ccc(S(=O)(=O)N2CCCc3cc(NS(=O)(=O)c4cc(Cl)ccc4Cl)ccc32)cc1. The third kappa shape index (κ3) is 4.45. The van der Waals surface area contributed by atoms with Gasteiger partial charge in [0.15, 0.2) is 0 Å². The smallest absolute Gasteiger partial charge is 0.264 e. The van der Waals surface area contributed by atoms with E-state index >= 15 is 0 Å². The van der Waals surface area contributed by atoms with Crippen molar-refractivity contribution in [2.45, 2.75) is 29.6 Å². The van der Waals surface area contributed by atoms with Crippen LogP contribution in [-0.4, -0.2) is 23.4 Å². The summed E-state index contributed by atoms with van der Waals surface area (Å²) in [5.41, 5.74) is 2.57. The van der Waals surface area contributed by atoms with Gasteiger partial charge >= 0.3 is 0 Å². The van der Waals surface area contributed by atoms with Crippen LogP contribution in [0.2, 0.25) is 10.0 Å². The molecule has 0 unspecified atom stereocenters. The number of nitrogens with zero attached hydrogens (tertiary/aromatic N) is 1. The van der Waals surface area contributed by atoms with Crippen molar-refractivity contribution in [1.29, 1.82) is 0 Å². The molecule has 10 heteroatoms. The minimum Gasteiger partial charge on any atom is -0.280 e. The first-order valence-electron chi connectivity index (χ1n) is 9.78. The lowest BCUT2D eigenvalue weighted by Gasteiger charge is -2.31. The summed E-state index contributed by atoms with van der Waals surface area (Å²) >= 11 is 12.0. The molecule has 1 aliphatic heterocycles. The Hall–Kier alpha value is -2.26. The quantitative estimate of drug-likeness (QED) is 0.508. The second kappa shape index (κ2) is 8.59. The molecule has 1 N–H and O–H groups in total. The van der Waals surface area contributed by atoms with Gasteiger partial charge in [-0.1, -0.05) is 40.9 Å². The average molecular weight is 511 g/mol. The summed E-state index contributed by atoms with van der Waals surface area (Å²) in [5.74, 6) is 0. The number of fused-ring (bicyclic) bond motifs is 1. The molecule has 1 heterocycles. The highest BCUT2D eigenvalue weighted by molar-refractivity contribution is 7.93. The van der Waals surface area contributed by atoms with Gasteiger partial charge in [-0.05, 0) is 73.9 Å². The molecule has 0 aromatic heterocycles. The van der Waals surface area contributed by atoms with Crippen molar-refractivity contribution in [1.82, 2.24) is 0 Å². The summed E-state index contributed by atoms with van der Waals surface area (Å²) in [7, 11) is -7.71. The van der Waals surface area contributed by atoms with E-state index < -0.39 is 20.0 Å². The highest BCUT2D eigenvalue weighted by Crippen LogP contribution is 2.35. The topological polar surface area (TPSA) is 83.6 Å². The van der Waals surface area contributed by atoms with Gasteiger partial charge in [-0.2, -0.15) is 0 Å². The molecule has 0 bridgehead atoms. The highest BCUT2D eigenvalue weighted by Gasteiger charge is 2.29. The van der Waals surface area contributed by atoms with E-state index in [2.05, 4.69) is 4.72 Å². The Bertz CT molecular complexity index is 1390. The van der Waals surface area contributed by atoms with Crippen molar-refractivity contribution in [3.8, 4) is 0 Å². The van der Waals surface area contributed by atoms with Gasteiger partial charge in [0, 0.05) is 17.3 Å². The Morgan fingerprint density at radius 3 is 2.34 bits per heavy atom. The predicted molar refractivity (Wildman–Crippen MR) is 128 cm³/mol. The van der Waals surface area contributed by atoms with Crippen LogP contribution in [0.1, 0.15) is 17.5 Å². The summed E-state index contributed by atoms with van der Waals surface area (Å²) < 4.78 is 56.0. The van der Waals surface area contributed by atoms with E-state index in [-0.39, 0.29) is 19.8 Å². The second-order valence-corrected chi connectivity index (χ2v) is 11.9. The number of hydrogen-bond acceptors (Lipinski definition) is 4. The maximum absolute atomic E-state index is 13.2. The number of sulfonamides is 2. The van der Waals surface area contributed by atoms with Crippen LogP contribution in [0.4, 0.5) is 11.4 Å². The molecule has 0 atom stereocenters. The normalized spacial score (nSPS) is 14.2. The first-order chi connectivity index (χ1) is 15.1. The monoisotopic (exact) mass is 510 g/mol. The van der Waals surface area contributed by atoms with Gasteiger partial charge in [0.05, 0.1) is 15.6 Å². The van der Waals surface area contributed by atoms with Crippen molar-refractivity contribution in [3.05, 3.63) is 81.8 Å². The van der Waals surface area contributed by atoms with Crippen LogP contribution in [-0.2, 0) is 26.5 Å². The van der Waals surface area contributed by atoms with E-state index in [1.807, 2.05) is 6.92 Å². The fourth-order valence-corrected chi connectivity index (χ4v) is 6.96. The molecule has 4 rings (SSSR count). The fourth-order valence-electron chi connectivity index (χ4n) is 3.61. The number of anilines is 2. The van der Waals surface area contributed by atoms with Crippen LogP contribution in [0.3, 0.4) is 0 Å². The summed E-state index contributed by atoms with van der Waals surface area (Å²) in [6.45, 7) is 2.25. The van der Waals surface area contributed by atoms with Gasteiger partial charge in [0.25, 0.3) is 20.0 Å². The molecule has 0 fully saturated rings. The Kier molecular flexibility index (Phi) is 6.15. The second-order valence-electron chi connectivity index (χ2n) is 7.52. The standard InChI is InChI=1S/C22H20Cl2N2O4S2/c1-15-4-8-19(9-5-15)32(29,30)26-12-2-3-16-13-18(7-11-21(16)26)25-31(27,28)22-14-17(23)6-10-20(22)24/h4-11,13-14,25H,2-3,12H2,1H3. The maximum atomic E-state index is 13.2. The summed E-state index contributed by atoms with van der Waals surface area (Å²) in [6, 6.07) is 15.7. The Morgan fingerprint density at radius 2 is 1.62 bits per heavy atom. The number of hydrogen-bond donors (Lipinski definition) is 1. The Morgan fingerprint density at radius 1 is 0.906 bits per heavy atom. The molecular formula is C22H20Cl2N2O4S2. The van der Waals surface area contributed by atoms with Gasteiger partial charge < -0.3 is 0 Å². The zero-order valence-corrected chi connectivity index (χ0v) is 20.2. The third-order valence-electron chi connectivity index (χ3n) is 5.20. The van der Waals surface area contributed by atoms with Crippen molar-refractivity contribution >= 4 is 54.6 Å². The lowest BCUT2D eigenvalue weighted by molar-refractivity contribution is 0.586. The summed E-state index contributed by atoms with van der Waals surface area (Å²) in [4.78, 5) is 0.0873. The minimum absolute atomic E-state index is 0.0511. The molecule has 32 heavy (non-hydrogen) atoms. The molecule has 3 aromatic carbocycles. The zero-order chi connectivity index (χ0) is 23.1. The third-order valence-corrected chi connectivity index (χ3v) is 9.12. The lowest BCUT2D eigenvalue weighted by Crippen LogP contribution is -2.35. The van der Waals surface area contributed by atoms with Crippen molar-refractivity contribution < 1.29 is 16.8 Å². The maximum Gasteiger partial charge on any atom is 0.264 e. The molecule has 0 amide bonds. The van der Waals surface area contributed by atoms with E-state index in [1.54, 1.807) is 36.4 Å². The van der Waals surface area contributed by atoms with Crippen molar-refractivity contribution in [2.75, 3.05) is 15.6 Å². The van der Waals surface area contributed by atoms with E-state index in [4.69, 9.17) is 23.2 Å². The van der Waals surface area contributed by atoms with E-state index in [1.165, 1.54) is 28.6 Å². The first kappa shape index (κ1) is 22.9. The molecule has 0 saturated heterocycles. The largest absolute Gasteiger partial charge is 0.280 e. The summed E-state index contributed by atoms with van der Waals surface area (Å²) in [6.07, 6.45) is 1.25. The van der Waals surface area contributed by atoms with E-state index in [9.17, 15) is 16.8 Å². The number of nitrogens with one attached hydrogen (secondary N) is 1. The van der Waals surface area contributed by atoms with Crippen LogP contribution in [0.5, 0.6) is 0 Å². The molecule has 3 aromatic rings. The number of rotatable bonds is 5. The molecule has 0 aliphatic carbocycles. The van der Waals surface area contributed by atoms with Crippen LogP contribution in [0, 0.1) is 6.92 Å². The Labute approximate surface area is 197 Å². The molecule has 1 aliphatic rings. The zero-order valence-electron chi connectivity index (χ0n) is 17.0. The van der Waals surface area contributed by atoms with Crippen molar-refractivity contribution in [3.63, 3.8) is 0 Å². The summed E-state index contributed by atoms with van der Waals surface area (Å²) in [5, 5.41) is 0.299. The molecule has 0 spiro atoms. The van der Waals surface area contributed by atoms with Gasteiger partial charge in [0.2, 0.25) is 0 Å². The van der Waals surface area contributed by atoms with Crippen LogP contribution in [0.25, 0.3) is 0 Å². The molecule has 168 valence electrons. The van der Waals surface area contributed by atoms with E-state index in [0.29, 0.717) is 30.8 Å². The average Bonchev–Trinajstić information content (AvgIpc) is 2.74. The minimum atomic E-state index is -3.98. The van der Waals surface area contributed by atoms with Gasteiger partial charge in [-0.3, -0.25) is 9.03 Å². The van der Waals surface area contributed by atoms with Gasteiger partial charge in [-0.25, -0.2) is 16.8 Å². The number of halogens is 2. The van der Waals surface area contributed by atoms with Crippen molar-refractivity contribution in [2.24, 2.45) is 0 Å². The Balaban J connectivity index is 1.66. The highest BCUT2D eigenvalue weighted by atomic mass is 35.5. The lowest BCUT2D eigenvalue weighted by atomic mass is 10.0. The molecule has 0 saturated carbocycles. The number of benzene rings is 3. The van der Waals surface area contributed by atoms with E-state index in [0.717, 1.165) is 11.1 Å². The van der Waals surface area contributed by atoms with Crippen LogP contribution >= 0.6 is 23.2 Å². The molecule has 0 radical (unpaired) electrons. The number of aryl methyl sites for hydroxylation is 2. The fraction of sp³-hybridized carbons (Fsp3) is 0.182. The van der Waals surface area contributed by atoms with Gasteiger partial charge in [0.1, 0.15) is 4.90 Å². The van der Waals surface area contributed by atoms with Crippen LogP contribution in [0.15, 0.2) is 70.5 Å². The van der Waals surface area contributed by atoms with Crippen LogP contribution < -0.4 is 9.03 Å². The van der Waals surface area contributed by atoms with Gasteiger partial charge in [-0.15, -0.1) is 0 Å². The first-order valence-corrected chi connectivity index (χ1v) is 13.5. The molecule has 6 nitrogen and oxygen atoms in total.